The molecule has 0 fully saturated rings. The molecule has 0 amide bonds. The summed E-state index contributed by atoms with van der Waals surface area (Å²) >= 11 is 0. The van der Waals surface area contributed by atoms with Gasteiger partial charge in [-0.1, -0.05) is 6.08 Å². The van der Waals surface area contributed by atoms with E-state index in [1.54, 1.807) is 7.11 Å². The molecule has 124 valence electrons. The van der Waals surface area contributed by atoms with E-state index in [9.17, 15) is 4.79 Å². The van der Waals surface area contributed by atoms with Crippen LogP contribution in [0.3, 0.4) is 0 Å². The van der Waals surface area contributed by atoms with Crippen molar-refractivity contribution in [2.75, 3.05) is 26.9 Å². The number of benzene rings is 1. The second-order valence-electron chi connectivity index (χ2n) is 5.63. The van der Waals surface area contributed by atoms with Gasteiger partial charge in [0.05, 0.1) is 19.6 Å². The summed E-state index contributed by atoms with van der Waals surface area (Å²) < 4.78 is 22.1. The maximum Gasteiger partial charge on any atom is 0.309 e. The molecule has 0 saturated carbocycles. The van der Waals surface area contributed by atoms with E-state index in [1.165, 1.54) is 0 Å². The van der Waals surface area contributed by atoms with Crippen molar-refractivity contribution in [3.05, 3.63) is 23.8 Å². The average Bonchev–Trinajstić information content (AvgIpc) is 2.61. The first-order valence-electron chi connectivity index (χ1n) is 8.07. The van der Waals surface area contributed by atoms with Crippen molar-refractivity contribution in [3.63, 3.8) is 0 Å². The first-order chi connectivity index (χ1) is 11.2. The van der Waals surface area contributed by atoms with Gasteiger partial charge in [0.1, 0.15) is 13.2 Å². The Kier molecular flexibility index (Phi) is 4.74. The Hall–Kier alpha value is -2.17. The molecule has 1 aromatic carbocycles. The van der Waals surface area contributed by atoms with Crippen LogP contribution >= 0.6 is 0 Å². The van der Waals surface area contributed by atoms with Gasteiger partial charge in [0.2, 0.25) is 5.75 Å². The molecule has 1 heterocycles. The Balaban J connectivity index is 1.90. The fraction of sp³-hybridized carbons (Fsp3) is 0.500. The highest BCUT2D eigenvalue weighted by Gasteiger charge is 2.28. The highest BCUT2D eigenvalue weighted by molar-refractivity contribution is 5.81. The molecule has 1 aliphatic heterocycles. The van der Waals surface area contributed by atoms with Gasteiger partial charge in [0.25, 0.3) is 0 Å². The van der Waals surface area contributed by atoms with E-state index in [0.717, 1.165) is 24.0 Å². The van der Waals surface area contributed by atoms with E-state index < -0.39 is 0 Å². The Morgan fingerprint density at radius 1 is 1.26 bits per heavy atom. The second-order valence-corrected chi connectivity index (χ2v) is 5.63. The second kappa shape index (κ2) is 6.94. The van der Waals surface area contributed by atoms with E-state index >= 15 is 0 Å². The van der Waals surface area contributed by atoms with Crippen molar-refractivity contribution in [3.8, 4) is 17.2 Å². The first kappa shape index (κ1) is 15.7. The normalized spacial score (nSPS) is 19.7. The summed E-state index contributed by atoms with van der Waals surface area (Å²) in [6.07, 6.45) is 4.54. The Bertz CT molecular complexity index is 620. The van der Waals surface area contributed by atoms with Crippen LogP contribution in [0.1, 0.15) is 31.7 Å². The quantitative estimate of drug-likeness (QED) is 0.798. The lowest BCUT2D eigenvalue weighted by Crippen LogP contribution is -2.21. The van der Waals surface area contributed by atoms with Crippen molar-refractivity contribution >= 4 is 11.5 Å². The van der Waals surface area contributed by atoms with Crippen LogP contribution in [-0.2, 0) is 9.53 Å². The topological polar surface area (TPSA) is 54.0 Å². The lowest BCUT2D eigenvalue weighted by atomic mass is 9.85. The number of carbonyl (C=O) groups excluding carboxylic acids is 1. The molecule has 0 aromatic heterocycles. The number of carbonyl (C=O) groups is 1. The van der Waals surface area contributed by atoms with Crippen LogP contribution in [0.5, 0.6) is 17.2 Å². The number of rotatable bonds is 4. The monoisotopic (exact) mass is 318 g/mol. The molecule has 5 heteroatoms. The summed E-state index contributed by atoms with van der Waals surface area (Å²) in [4.78, 5) is 12.0. The van der Waals surface area contributed by atoms with Gasteiger partial charge >= 0.3 is 5.97 Å². The molecule has 23 heavy (non-hydrogen) atoms. The molecular weight excluding hydrogens is 296 g/mol. The minimum absolute atomic E-state index is 0.0859. The lowest BCUT2D eigenvalue weighted by Gasteiger charge is -2.26. The SMILES string of the molecule is CCOC(=O)C1CCC=C(c2ccc(OC)c3c2OCCO3)C1. The number of allylic oxidation sites excluding steroid dienone is 2. The minimum atomic E-state index is -0.113. The summed E-state index contributed by atoms with van der Waals surface area (Å²) in [6, 6.07) is 3.86. The number of ether oxygens (including phenoxy) is 4. The number of hydrogen-bond acceptors (Lipinski definition) is 5. The highest BCUT2D eigenvalue weighted by atomic mass is 16.6. The van der Waals surface area contributed by atoms with E-state index in [1.807, 2.05) is 19.1 Å². The highest BCUT2D eigenvalue weighted by Crippen LogP contribution is 2.46. The zero-order valence-electron chi connectivity index (χ0n) is 13.6. The van der Waals surface area contributed by atoms with Gasteiger partial charge in [0.15, 0.2) is 11.5 Å². The third-order valence-electron chi connectivity index (χ3n) is 4.21. The van der Waals surface area contributed by atoms with Crippen molar-refractivity contribution in [2.24, 2.45) is 5.92 Å². The van der Waals surface area contributed by atoms with Gasteiger partial charge in [-0.2, -0.15) is 0 Å². The molecule has 1 unspecified atom stereocenters. The maximum absolute atomic E-state index is 12.0. The Morgan fingerprint density at radius 3 is 2.78 bits per heavy atom. The van der Waals surface area contributed by atoms with Crippen molar-refractivity contribution in [1.29, 1.82) is 0 Å². The fourth-order valence-electron chi connectivity index (χ4n) is 3.12. The van der Waals surface area contributed by atoms with Gasteiger partial charge in [-0.15, -0.1) is 0 Å². The zero-order chi connectivity index (χ0) is 16.2. The summed E-state index contributed by atoms with van der Waals surface area (Å²) in [5.41, 5.74) is 2.09. The Labute approximate surface area is 136 Å². The number of fused-ring (bicyclic) bond motifs is 1. The van der Waals surface area contributed by atoms with Gasteiger partial charge < -0.3 is 18.9 Å². The molecule has 2 aliphatic rings. The number of methoxy groups -OCH3 is 1. The minimum Gasteiger partial charge on any atom is -0.493 e. The molecule has 0 spiro atoms. The van der Waals surface area contributed by atoms with Crippen LogP contribution < -0.4 is 14.2 Å². The summed E-state index contributed by atoms with van der Waals surface area (Å²) in [5, 5.41) is 0. The standard InChI is InChI=1S/C18H22O5/c1-3-21-18(19)13-6-4-5-12(11-13)14-7-8-15(20-2)17-16(14)22-9-10-23-17/h5,7-8,13H,3-4,6,9-11H2,1-2H3. The molecule has 0 saturated heterocycles. The van der Waals surface area contributed by atoms with Crippen LogP contribution in [0, 0.1) is 5.92 Å². The Morgan fingerprint density at radius 2 is 2.04 bits per heavy atom. The zero-order valence-corrected chi connectivity index (χ0v) is 13.6. The summed E-state index contributed by atoms with van der Waals surface area (Å²) in [6.45, 7) is 3.28. The predicted octanol–water partition coefficient (Wildman–Crippen LogP) is 3.21. The average molecular weight is 318 g/mol. The molecule has 5 nitrogen and oxygen atoms in total. The van der Waals surface area contributed by atoms with Gasteiger partial charge in [-0.05, 0) is 43.9 Å². The van der Waals surface area contributed by atoms with E-state index in [-0.39, 0.29) is 11.9 Å². The third-order valence-corrected chi connectivity index (χ3v) is 4.21. The van der Waals surface area contributed by atoms with E-state index in [0.29, 0.717) is 43.5 Å². The smallest absolute Gasteiger partial charge is 0.309 e. The van der Waals surface area contributed by atoms with Crippen LogP contribution in [0.25, 0.3) is 5.57 Å². The van der Waals surface area contributed by atoms with Gasteiger partial charge in [-0.25, -0.2) is 0 Å². The lowest BCUT2D eigenvalue weighted by molar-refractivity contribution is -0.148. The molecule has 0 bridgehead atoms. The number of hydrogen-bond donors (Lipinski definition) is 0. The summed E-state index contributed by atoms with van der Waals surface area (Å²) in [7, 11) is 1.61. The van der Waals surface area contributed by atoms with E-state index in [2.05, 4.69) is 6.08 Å². The van der Waals surface area contributed by atoms with Gasteiger partial charge in [0, 0.05) is 5.56 Å². The van der Waals surface area contributed by atoms with Crippen molar-refractivity contribution < 1.29 is 23.7 Å². The predicted molar refractivity (Wildman–Crippen MR) is 85.9 cm³/mol. The van der Waals surface area contributed by atoms with Crippen LogP contribution in [-0.4, -0.2) is 32.9 Å². The molecule has 1 aromatic rings. The fourth-order valence-corrected chi connectivity index (χ4v) is 3.12. The van der Waals surface area contributed by atoms with Crippen LogP contribution in [0.4, 0.5) is 0 Å². The largest absolute Gasteiger partial charge is 0.493 e. The third kappa shape index (κ3) is 3.14. The molecule has 1 atom stereocenters. The van der Waals surface area contributed by atoms with Crippen LogP contribution in [0.15, 0.2) is 18.2 Å². The summed E-state index contributed by atoms with van der Waals surface area (Å²) in [5.74, 6) is 1.83. The molecule has 0 N–H and O–H groups in total. The van der Waals surface area contributed by atoms with Crippen molar-refractivity contribution in [1.82, 2.24) is 0 Å². The van der Waals surface area contributed by atoms with Crippen molar-refractivity contribution in [2.45, 2.75) is 26.2 Å². The van der Waals surface area contributed by atoms with Crippen LogP contribution in [0.2, 0.25) is 0 Å². The maximum atomic E-state index is 12.0. The molecular formula is C18H22O5. The molecule has 3 rings (SSSR count). The molecule has 0 radical (unpaired) electrons. The van der Waals surface area contributed by atoms with E-state index in [4.69, 9.17) is 18.9 Å². The van der Waals surface area contributed by atoms with Gasteiger partial charge in [-0.3, -0.25) is 4.79 Å². The number of esters is 1. The first-order valence-corrected chi connectivity index (χ1v) is 8.07. The molecule has 1 aliphatic carbocycles.